The van der Waals surface area contributed by atoms with Gasteiger partial charge in [0, 0.05) is 11.3 Å². The quantitative estimate of drug-likeness (QED) is 0.188. The van der Waals surface area contributed by atoms with Crippen molar-refractivity contribution in [2.24, 2.45) is 0 Å². The van der Waals surface area contributed by atoms with E-state index in [0.717, 1.165) is 6.07 Å². The zero-order valence-corrected chi connectivity index (χ0v) is 24.7. The Balaban J connectivity index is 1.45. The number of hydrogen-bond donors (Lipinski definition) is 3. The number of amides is 1. The van der Waals surface area contributed by atoms with Gasteiger partial charge in [-0.3, -0.25) is 10.1 Å². The van der Waals surface area contributed by atoms with Gasteiger partial charge in [0.25, 0.3) is 5.89 Å². The van der Waals surface area contributed by atoms with Gasteiger partial charge in [-0.05, 0) is 93.4 Å². The fourth-order valence-electron chi connectivity index (χ4n) is 3.93. The van der Waals surface area contributed by atoms with Crippen molar-refractivity contribution < 1.29 is 49.9 Å². The Morgan fingerprint density at radius 1 is 1.00 bits per heavy atom. The lowest BCUT2D eigenvalue weighted by Crippen LogP contribution is -2.42. The van der Waals surface area contributed by atoms with Gasteiger partial charge in [-0.1, -0.05) is 11.2 Å². The minimum Gasteiger partial charge on any atom is -0.480 e. The molecule has 0 radical (unpaired) electrons. The SMILES string of the molecule is CC(C)(C)OC(=O)Nc1ccc(-c2nc(-c3ccc(CC(NS(=O)(=O)c4ccc(C(F)(F)F)cc4)C(=O)O)cc3F)no2)cc1. The van der Waals surface area contributed by atoms with Crippen LogP contribution in [0.1, 0.15) is 31.9 Å². The molecular weight excluding hydrogens is 624 g/mol. The first kappa shape index (κ1) is 33.1. The Kier molecular flexibility index (Phi) is 9.30. The van der Waals surface area contributed by atoms with Crippen molar-refractivity contribution in [3.05, 3.63) is 83.7 Å². The highest BCUT2D eigenvalue weighted by atomic mass is 32.2. The molecule has 238 valence electrons. The summed E-state index contributed by atoms with van der Waals surface area (Å²) < 4.78 is 91.2. The fraction of sp³-hybridized carbons (Fsp3) is 0.241. The number of aliphatic carboxylic acids is 1. The number of sulfonamides is 1. The van der Waals surface area contributed by atoms with E-state index in [2.05, 4.69) is 15.5 Å². The first-order valence-corrected chi connectivity index (χ1v) is 14.5. The van der Waals surface area contributed by atoms with Gasteiger partial charge in [0.1, 0.15) is 17.5 Å². The van der Waals surface area contributed by atoms with E-state index in [1.165, 1.54) is 12.1 Å². The van der Waals surface area contributed by atoms with Crippen molar-refractivity contribution >= 4 is 27.8 Å². The molecule has 0 aliphatic carbocycles. The van der Waals surface area contributed by atoms with Gasteiger partial charge in [0.15, 0.2) is 0 Å². The number of carbonyl (C=O) groups excluding carboxylic acids is 1. The standard InChI is InChI=1S/C29H26F4N4O7S/c1-28(2,3)43-27(40)34-19-9-5-17(6-10-19)25-35-24(36-44-25)21-13-4-16(14-22(21)30)15-23(26(38)39)37-45(41,42)20-11-7-18(8-12-20)29(31,32)33/h4-14,23,37H,15H2,1-3H3,(H,34,40)(H,38,39). The molecule has 0 fully saturated rings. The Hall–Kier alpha value is -4.83. The molecule has 1 aromatic heterocycles. The van der Waals surface area contributed by atoms with E-state index in [9.17, 15) is 36.3 Å². The number of hydrogen-bond acceptors (Lipinski definition) is 8. The van der Waals surface area contributed by atoms with Gasteiger partial charge in [-0.15, -0.1) is 0 Å². The van der Waals surface area contributed by atoms with Crippen molar-refractivity contribution in [2.45, 2.75) is 49.9 Å². The number of carboxylic acid groups (broad SMARTS) is 1. The molecule has 0 aliphatic heterocycles. The largest absolute Gasteiger partial charge is 0.480 e. The number of carboxylic acids is 1. The highest BCUT2D eigenvalue weighted by molar-refractivity contribution is 7.89. The molecule has 1 heterocycles. The monoisotopic (exact) mass is 650 g/mol. The average molecular weight is 651 g/mol. The summed E-state index contributed by atoms with van der Waals surface area (Å²) in [4.78, 5) is 27.4. The van der Waals surface area contributed by atoms with Crippen LogP contribution in [0.3, 0.4) is 0 Å². The lowest BCUT2D eigenvalue weighted by molar-refractivity contribution is -0.139. The summed E-state index contributed by atoms with van der Waals surface area (Å²) in [6.07, 6.45) is -5.82. The molecule has 0 spiro atoms. The maximum atomic E-state index is 15.1. The molecule has 1 unspecified atom stereocenters. The molecule has 0 saturated heterocycles. The van der Waals surface area contributed by atoms with Gasteiger partial charge in [0.2, 0.25) is 15.8 Å². The van der Waals surface area contributed by atoms with Crippen LogP contribution in [0.4, 0.5) is 28.0 Å². The van der Waals surface area contributed by atoms with E-state index in [4.69, 9.17) is 9.26 Å². The van der Waals surface area contributed by atoms with E-state index in [1.807, 2.05) is 4.72 Å². The number of alkyl halides is 3. The third kappa shape index (κ3) is 8.63. The number of carbonyl (C=O) groups is 2. The van der Waals surface area contributed by atoms with Crippen molar-refractivity contribution in [3.8, 4) is 22.8 Å². The molecule has 16 heteroatoms. The molecule has 4 rings (SSSR count). The number of aromatic nitrogens is 2. The highest BCUT2D eigenvalue weighted by Gasteiger charge is 2.32. The van der Waals surface area contributed by atoms with Crippen LogP contribution in [-0.4, -0.2) is 47.4 Å². The summed E-state index contributed by atoms with van der Waals surface area (Å²) >= 11 is 0. The number of rotatable bonds is 9. The minimum absolute atomic E-state index is 0.0425. The molecule has 0 bridgehead atoms. The third-order valence-corrected chi connectivity index (χ3v) is 7.49. The van der Waals surface area contributed by atoms with Crippen molar-refractivity contribution in [2.75, 3.05) is 5.32 Å². The molecule has 11 nitrogen and oxygen atoms in total. The second kappa shape index (κ2) is 12.6. The van der Waals surface area contributed by atoms with E-state index in [-0.39, 0.29) is 22.8 Å². The maximum absolute atomic E-state index is 15.1. The van der Waals surface area contributed by atoms with Gasteiger partial charge in [-0.2, -0.15) is 22.9 Å². The van der Waals surface area contributed by atoms with Crippen LogP contribution in [0.15, 0.2) is 76.1 Å². The van der Waals surface area contributed by atoms with Crippen LogP contribution in [0.25, 0.3) is 22.8 Å². The Bertz CT molecular complexity index is 1800. The summed E-state index contributed by atoms with van der Waals surface area (Å²) in [5, 5.41) is 15.9. The zero-order valence-electron chi connectivity index (χ0n) is 23.8. The second-order valence-corrected chi connectivity index (χ2v) is 12.4. The van der Waals surface area contributed by atoms with Crippen molar-refractivity contribution in [1.82, 2.24) is 14.9 Å². The van der Waals surface area contributed by atoms with Crippen molar-refractivity contribution in [1.29, 1.82) is 0 Å². The third-order valence-electron chi connectivity index (χ3n) is 6.00. The van der Waals surface area contributed by atoms with Gasteiger partial charge < -0.3 is 14.4 Å². The Morgan fingerprint density at radius 2 is 1.64 bits per heavy atom. The van der Waals surface area contributed by atoms with Crippen LogP contribution >= 0.6 is 0 Å². The van der Waals surface area contributed by atoms with Gasteiger partial charge in [0.05, 0.1) is 16.0 Å². The van der Waals surface area contributed by atoms with Crippen LogP contribution in [0, 0.1) is 5.82 Å². The molecule has 1 atom stereocenters. The summed E-state index contributed by atoms with van der Waals surface area (Å²) in [7, 11) is -4.54. The fourth-order valence-corrected chi connectivity index (χ4v) is 5.12. The normalized spacial score (nSPS) is 12.9. The van der Waals surface area contributed by atoms with E-state index in [1.54, 1.807) is 45.0 Å². The second-order valence-electron chi connectivity index (χ2n) is 10.7. The molecule has 0 aliphatic rings. The Labute approximate surface area is 254 Å². The maximum Gasteiger partial charge on any atom is 0.416 e. The number of ether oxygens (including phenoxy) is 1. The van der Waals surface area contributed by atoms with Crippen molar-refractivity contribution in [3.63, 3.8) is 0 Å². The average Bonchev–Trinajstić information content (AvgIpc) is 3.41. The van der Waals surface area contributed by atoms with Gasteiger partial charge >= 0.3 is 18.2 Å². The number of nitrogens with one attached hydrogen (secondary N) is 2. The number of halogens is 4. The molecule has 45 heavy (non-hydrogen) atoms. The lowest BCUT2D eigenvalue weighted by atomic mass is 10.0. The molecule has 4 aromatic rings. The predicted molar refractivity (Wildman–Crippen MR) is 152 cm³/mol. The number of anilines is 1. The summed E-state index contributed by atoms with van der Waals surface area (Å²) in [6.45, 7) is 5.18. The predicted octanol–water partition coefficient (Wildman–Crippen LogP) is 5.88. The van der Waals surface area contributed by atoms with Crippen LogP contribution in [0.5, 0.6) is 0 Å². The lowest BCUT2D eigenvalue weighted by Gasteiger charge is -2.19. The van der Waals surface area contributed by atoms with E-state index in [0.29, 0.717) is 35.5 Å². The topological polar surface area (TPSA) is 161 Å². The zero-order chi connectivity index (χ0) is 33.2. The molecule has 3 aromatic carbocycles. The van der Waals surface area contributed by atoms with Crippen LogP contribution < -0.4 is 10.0 Å². The number of nitrogens with zero attached hydrogens (tertiary/aromatic N) is 2. The molecular formula is C29H26F4N4O7S. The first-order valence-electron chi connectivity index (χ1n) is 13.1. The van der Waals surface area contributed by atoms with Gasteiger partial charge in [-0.25, -0.2) is 17.6 Å². The highest BCUT2D eigenvalue weighted by Crippen LogP contribution is 2.30. The molecule has 3 N–H and O–H groups in total. The smallest absolute Gasteiger partial charge is 0.416 e. The van der Waals surface area contributed by atoms with E-state index < -0.39 is 62.6 Å². The number of benzene rings is 3. The van der Waals surface area contributed by atoms with Crippen LogP contribution in [0.2, 0.25) is 0 Å². The van der Waals surface area contributed by atoms with E-state index >= 15 is 4.39 Å². The first-order chi connectivity index (χ1) is 20.9. The molecule has 1 amide bonds. The van der Waals surface area contributed by atoms with Crippen LogP contribution in [-0.2, 0) is 32.2 Å². The molecule has 0 saturated carbocycles. The summed E-state index contributed by atoms with van der Waals surface area (Å²) in [5.74, 6) is -2.53. The Morgan fingerprint density at radius 3 is 2.20 bits per heavy atom. The summed E-state index contributed by atoms with van der Waals surface area (Å²) in [5.41, 5.74) is -0.845. The minimum atomic E-state index is -4.69. The summed E-state index contributed by atoms with van der Waals surface area (Å²) in [6, 6.07) is 10.6.